The first-order valence-corrected chi connectivity index (χ1v) is 10.8. The second-order valence-corrected chi connectivity index (χ2v) is 8.48. The summed E-state index contributed by atoms with van der Waals surface area (Å²) in [6.45, 7) is 1.18. The molecule has 0 fully saturated rings. The van der Waals surface area contributed by atoms with Gasteiger partial charge >= 0.3 is 17.9 Å². The van der Waals surface area contributed by atoms with Gasteiger partial charge in [-0.1, -0.05) is 30.7 Å². The van der Waals surface area contributed by atoms with Crippen molar-refractivity contribution in [1.82, 2.24) is 9.55 Å². The lowest BCUT2D eigenvalue weighted by Gasteiger charge is -2.37. The number of rotatable bonds is 6. The van der Waals surface area contributed by atoms with Gasteiger partial charge in [0.2, 0.25) is 5.88 Å². The predicted molar refractivity (Wildman–Crippen MR) is 123 cm³/mol. The smallest absolute Gasteiger partial charge is 0.422 e. The van der Waals surface area contributed by atoms with Crippen LogP contribution >= 0.6 is 11.6 Å². The predicted octanol–water partition coefficient (Wildman–Crippen LogP) is 5.22. The lowest BCUT2D eigenvalue weighted by Crippen LogP contribution is -2.46. The van der Waals surface area contributed by atoms with Crippen LogP contribution in [-0.2, 0) is 12.6 Å². The van der Waals surface area contributed by atoms with Crippen LogP contribution in [0, 0.1) is 0 Å². The lowest BCUT2D eigenvalue weighted by atomic mass is 9.77. The normalized spacial score (nSPS) is 14.4. The van der Waals surface area contributed by atoms with E-state index in [0.717, 1.165) is 22.9 Å². The number of carboxylic acid groups (broad SMARTS) is 1. The highest BCUT2D eigenvalue weighted by molar-refractivity contribution is 6.31. The Balaban J connectivity index is 1.70. The topological polar surface area (TPSA) is 115 Å². The third-order valence-corrected chi connectivity index (χ3v) is 6.26. The van der Waals surface area contributed by atoms with E-state index in [2.05, 4.69) is 4.98 Å². The standard InChI is InChI=1S/C24H18ClF3N2O6/c1-12(16-6-5-15(10-17(16)25)35-20-8-3-13(11-29-20)21(31)32)23(34,24(26,27)28)14-4-7-19-18(9-14)30(2)22(33)36-19/h3-12,34H,1-2H3,(H,31,32)/t12-,23-/m1/s1. The second kappa shape index (κ2) is 8.99. The van der Waals surface area contributed by atoms with Crippen LogP contribution in [0.5, 0.6) is 11.6 Å². The van der Waals surface area contributed by atoms with Crippen LogP contribution in [0.1, 0.15) is 34.3 Å². The summed E-state index contributed by atoms with van der Waals surface area (Å²) in [6, 6.07) is 9.79. The number of alkyl halides is 3. The summed E-state index contributed by atoms with van der Waals surface area (Å²) >= 11 is 6.31. The molecule has 0 radical (unpaired) electrons. The van der Waals surface area contributed by atoms with E-state index in [1.54, 1.807) is 0 Å². The molecule has 4 aromatic rings. The molecule has 0 saturated heterocycles. The molecule has 2 aromatic carbocycles. The minimum Gasteiger partial charge on any atom is -0.478 e. The van der Waals surface area contributed by atoms with Crippen molar-refractivity contribution in [3.05, 3.63) is 87.0 Å². The Morgan fingerprint density at radius 3 is 2.47 bits per heavy atom. The van der Waals surface area contributed by atoms with Gasteiger partial charge in [-0.05, 0) is 41.5 Å². The third kappa shape index (κ3) is 4.31. The molecule has 0 unspecified atom stereocenters. The van der Waals surface area contributed by atoms with Gasteiger partial charge in [-0.3, -0.25) is 4.57 Å². The van der Waals surface area contributed by atoms with Crippen molar-refractivity contribution in [2.24, 2.45) is 7.05 Å². The zero-order valence-corrected chi connectivity index (χ0v) is 19.5. The number of hydrogen-bond acceptors (Lipinski definition) is 6. The molecule has 0 spiro atoms. The monoisotopic (exact) mass is 522 g/mol. The molecule has 4 rings (SSSR count). The number of halogens is 4. The highest BCUT2D eigenvalue weighted by Crippen LogP contribution is 2.50. The van der Waals surface area contributed by atoms with Gasteiger partial charge in [0.15, 0.2) is 11.2 Å². The minimum absolute atomic E-state index is 0.0146. The van der Waals surface area contributed by atoms with Crippen LogP contribution < -0.4 is 10.5 Å². The van der Waals surface area contributed by atoms with Crippen LogP contribution in [0.4, 0.5) is 13.2 Å². The molecular weight excluding hydrogens is 505 g/mol. The molecule has 0 aliphatic carbocycles. The number of fused-ring (bicyclic) bond motifs is 1. The summed E-state index contributed by atoms with van der Waals surface area (Å²) in [7, 11) is 1.34. The molecule has 2 heterocycles. The van der Waals surface area contributed by atoms with Crippen molar-refractivity contribution >= 4 is 28.7 Å². The summed E-state index contributed by atoms with van der Waals surface area (Å²) in [5, 5.41) is 19.9. The maximum absolute atomic E-state index is 14.4. The molecule has 0 bridgehead atoms. The molecule has 12 heteroatoms. The number of carbonyl (C=O) groups is 1. The van der Waals surface area contributed by atoms with Crippen LogP contribution in [0.15, 0.2) is 63.9 Å². The highest BCUT2D eigenvalue weighted by Gasteiger charge is 2.59. The number of ether oxygens (including phenoxy) is 1. The molecule has 8 nitrogen and oxygen atoms in total. The first-order chi connectivity index (χ1) is 16.8. The molecule has 0 saturated carbocycles. The number of aryl methyl sites for hydroxylation is 1. The van der Waals surface area contributed by atoms with Gasteiger partial charge < -0.3 is 19.4 Å². The van der Waals surface area contributed by atoms with E-state index in [4.69, 9.17) is 25.9 Å². The first kappa shape index (κ1) is 25.3. The Labute approximate surface area is 206 Å². The number of hydrogen-bond donors (Lipinski definition) is 2. The van der Waals surface area contributed by atoms with Crippen molar-refractivity contribution in [3.8, 4) is 11.6 Å². The molecule has 188 valence electrons. The van der Waals surface area contributed by atoms with E-state index in [1.807, 2.05) is 0 Å². The lowest BCUT2D eigenvalue weighted by molar-refractivity contribution is -0.274. The third-order valence-electron chi connectivity index (χ3n) is 5.93. The average molecular weight is 523 g/mol. The molecule has 2 N–H and O–H groups in total. The molecule has 0 amide bonds. The summed E-state index contributed by atoms with van der Waals surface area (Å²) in [5.74, 6) is -3.31. The zero-order chi connectivity index (χ0) is 26.4. The first-order valence-electron chi connectivity index (χ1n) is 10.4. The van der Waals surface area contributed by atoms with Crippen LogP contribution in [0.2, 0.25) is 5.02 Å². The van der Waals surface area contributed by atoms with Gasteiger partial charge in [-0.15, -0.1) is 0 Å². The second-order valence-electron chi connectivity index (χ2n) is 8.07. The van der Waals surface area contributed by atoms with Gasteiger partial charge in [-0.2, -0.15) is 13.2 Å². The summed E-state index contributed by atoms with van der Waals surface area (Å²) in [4.78, 5) is 26.6. The Bertz CT molecular complexity index is 1510. The number of carboxylic acids is 1. The van der Waals surface area contributed by atoms with Crippen LogP contribution in [0.3, 0.4) is 0 Å². The van der Waals surface area contributed by atoms with Crippen LogP contribution in [0.25, 0.3) is 11.1 Å². The van der Waals surface area contributed by atoms with Gasteiger partial charge in [0.05, 0.1) is 11.1 Å². The summed E-state index contributed by atoms with van der Waals surface area (Å²) in [6.07, 6.45) is -4.02. The number of benzene rings is 2. The van der Waals surface area contributed by atoms with E-state index in [1.165, 1.54) is 50.4 Å². The Kier molecular flexibility index (Phi) is 6.31. The molecule has 2 aromatic heterocycles. The van der Waals surface area contributed by atoms with Gasteiger partial charge in [-0.25, -0.2) is 14.6 Å². The van der Waals surface area contributed by atoms with Crippen molar-refractivity contribution in [3.63, 3.8) is 0 Å². The van der Waals surface area contributed by atoms with Gasteiger partial charge in [0, 0.05) is 30.3 Å². The van der Waals surface area contributed by atoms with E-state index >= 15 is 0 Å². The van der Waals surface area contributed by atoms with Gasteiger partial charge in [0.1, 0.15) is 5.75 Å². The fourth-order valence-electron chi connectivity index (χ4n) is 3.86. The molecular formula is C24H18ClF3N2O6. The summed E-state index contributed by atoms with van der Waals surface area (Å²) in [5.41, 5.74) is -3.76. The van der Waals surface area contributed by atoms with E-state index in [9.17, 15) is 27.9 Å². The largest absolute Gasteiger partial charge is 0.478 e. The number of nitrogens with zero attached hydrogens (tertiary/aromatic N) is 2. The van der Waals surface area contributed by atoms with Crippen molar-refractivity contribution in [2.75, 3.05) is 0 Å². The molecule has 0 aliphatic rings. The minimum atomic E-state index is -5.11. The van der Waals surface area contributed by atoms with E-state index in [-0.39, 0.29) is 38.9 Å². The number of pyridine rings is 1. The average Bonchev–Trinajstić information content (AvgIpc) is 3.10. The number of oxazole rings is 1. The number of aromatic carboxylic acids is 1. The summed E-state index contributed by atoms with van der Waals surface area (Å²) < 4.78 is 54.6. The van der Waals surface area contributed by atoms with Crippen LogP contribution in [-0.4, -0.2) is 31.9 Å². The highest BCUT2D eigenvalue weighted by atomic mass is 35.5. The van der Waals surface area contributed by atoms with Gasteiger partial charge in [0.25, 0.3) is 0 Å². The van der Waals surface area contributed by atoms with Crippen molar-refractivity contribution in [2.45, 2.75) is 24.6 Å². The number of aromatic nitrogens is 2. The Morgan fingerprint density at radius 1 is 1.17 bits per heavy atom. The zero-order valence-electron chi connectivity index (χ0n) is 18.7. The molecule has 0 aliphatic heterocycles. The maximum atomic E-state index is 14.4. The maximum Gasteiger partial charge on any atom is 0.422 e. The van der Waals surface area contributed by atoms with E-state index in [0.29, 0.717) is 0 Å². The number of aliphatic hydroxyl groups is 1. The Hall–Kier alpha value is -3.83. The van der Waals surface area contributed by atoms with Crippen molar-refractivity contribution < 1.29 is 37.3 Å². The molecule has 36 heavy (non-hydrogen) atoms. The SMILES string of the molecule is C[C@H](c1ccc(Oc2ccc(C(=O)O)cn2)cc1Cl)[C@@](O)(c1ccc2oc(=O)n(C)c2c1)C(F)(F)F. The fourth-order valence-corrected chi connectivity index (χ4v) is 4.19. The quantitative estimate of drug-likeness (QED) is 0.356. The van der Waals surface area contributed by atoms with E-state index < -0.39 is 35.0 Å². The Morgan fingerprint density at radius 2 is 1.89 bits per heavy atom. The van der Waals surface area contributed by atoms with Crippen molar-refractivity contribution in [1.29, 1.82) is 0 Å². The fraction of sp³-hybridized carbons (Fsp3) is 0.208. The molecule has 2 atom stereocenters.